The van der Waals surface area contributed by atoms with Crippen LogP contribution in [0.25, 0.3) is 11.1 Å². The Balaban J connectivity index is 1.37. The van der Waals surface area contributed by atoms with Crippen LogP contribution >= 0.6 is 0 Å². The molecule has 3 aromatic carbocycles. The van der Waals surface area contributed by atoms with Gasteiger partial charge < -0.3 is 38.3 Å². The van der Waals surface area contributed by atoms with Crippen LogP contribution in [0.5, 0.6) is 17.2 Å². The van der Waals surface area contributed by atoms with Crippen molar-refractivity contribution in [3.05, 3.63) is 103 Å². The summed E-state index contributed by atoms with van der Waals surface area (Å²) < 4.78 is 36.0. The van der Waals surface area contributed by atoms with Crippen LogP contribution in [-0.2, 0) is 28.5 Å². The molecule has 48 heavy (non-hydrogen) atoms. The zero-order valence-corrected chi connectivity index (χ0v) is 26.6. The molecule has 0 fully saturated rings. The topological polar surface area (TPSA) is 153 Å². The molecule has 1 unspecified atom stereocenters. The second kappa shape index (κ2) is 19.9. The molecule has 3 aromatic rings. The number of methoxy groups -OCH3 is 1. The summed E-state index contributed by atoms with van der Waals surface area (Å²) in [5.74, 6) is -0.324. The smallest absolute Gasteiger partial charge is 0.494 e. The molecule has 0 amide bonds. The lowest BCUT2D eigenvalue weighted by atomic mass is 10.0. The fourth-order valence-electron chi connectivity index (χ4n) is 3.91. The highest BCUT2D eigenvalue weighted by Crippen LogP contribution is 2.24. The second-order valence-corrected chi connectivity index (χ2v) is 10.1. The van der Waals surface area contributed by atoms with E-state index in [1.54, 1.807) is 72.8 Å². The highest BCUT2D eigenvalue weighted by Gasteiger charge is 2.14. The van der Waals surface area contributed by atoms with Crippen molar-refractivity contribution in [2.75, 3.05) is 33.5 Å². The summed E-state index contributed by atoms with van der Waals surface area (Å²) in [7, 11) is 1.25. The molecule has 12 heteroatoms. The second-order valence-electron chi connectivity index (χ2n) is 10.1. The van der Waals surface area contributed by atoms with Gasteiger partial charge in [-0.25, -0.2) is 14.4 Å². The van der Waals surface area contributed by atoms with E-state index in [1.165, 1.54) is 7.11 Å². The monoisotopic (exact) mass is 662 g/mol. The Labute approximate surface area is 278 Å². The molecule has 0 spiro atoms. The Morgan fingerprint density at radius 2 is 1.29 bits per heavy atom. The minimum Gasteiger partial charge on any atom is -0.494 e. The Morgan fingerprint density at radius 1 is 0.729 bits per heavy atom. The number of carbonyl (C=O) groups excluding carboxylic acids is 4. The predicted octanol–water partition coefficient (Wildman–Crippen LogP) is 5.82. The van der Waals surface area contributed by atoms with Crippen molar-refractivity contribution in [3.8, 4) is 28.4 Å². The number of ether oxygens (including phenoxy) is 7. The summed E-state index contributed by atoms with van der Waals surface area (Å²) in [6, 6.07) is 20.2. The van der Waals surface area contributed by atoms with Gasteiger partial charge in [0.25, 0.3) is 0 Å². The van der Waals surface area contributed by atoms with Crippen molar-refractivity contribution < 1.29 is 57.4 Å². The molecule has 254 valence electrons. The first-order valence-corrected chi connectivity index (χ1v) is 15.0. The number of esters is 3. The quantitative estimate of drug-likeness (QED) is 0.0240. The Hall–Kier alpha value is -5.46. The van der Waals surface area contributed by atoms with Gasteiger partial charge in [0.1, 0.15) is 17.2 Å². The largest absolute Gasteiger partial charge is 0.513 e. The maximum atomic E-state index is 12.7. The lowest BCUT2D eigenvalue weighted by molar-refractivity contribution is -0.141. The van der Waals surface area contributed by atoms with E-state index >= 15 is 0 Å². The highest BCUT2D eigenvalue weighted by atomic mass is 16.7. The lowest BCUT2D eigenvalue weighted by Gasteiger charge is -2.14. The van der Waals surface area contributed by atoms with Crippen LogP contribution in [0.1, 0.15) is 36.0 Å². The fourth-order valence-corrected chi connectivity index (χ4v) is 3.91. The first-order valence-electron chi connectivity index (χ1n) is 15.0. The normalized spacial score (nSPS) is 11.0. The predicted molar refractivity (Wildman–Crippen MR) is 173 cm³/mol. The van der Waals surface area contributed by atoms with Gasteiger partial charge >= 0.3 is 24.1 Å². The highest BCUT2D eigenvalue weighted by molar-refractivity contribution is 5.91. The summed E-state index contributed by atoms with van der Waals surface area (Å²) >= 11 is 0. The van der Waals surface area contributed by atoms with Crippen LogP contribution in [-0.4, -0.2) is 69.0 Å². The molecular formula is C36H38O12. The number of carbonyl (C=O) groups is 4. The molecule has 1 atom stereocenters. The maximum absolute atomic E-state index is 12.7. The molecule has 0 radical (unpaired) electrons. The van der Waals surface area contributed by atoms with E-state index in [1.807, 2.05) is 0 Å². The zero-order chi connectivity index (χ0) is 34.7. The average Bonchev–Trinajstić information content (AvgIpc) is 3.10. The van der Waals surface area contributed by atoms with E-state index in [2.05, 4.69) is 17.9 Å². The first-order chi connectivity index (χ1) is 23.2. The van der Waals surface area contributed by atoms with Crippen LogP contribution < -0.4 is 14.2 Å². The minimum atomic E-state index is -1.27. The molecule has 0 saturated heterocycles. The molecule has 0 aliphatic carbocycles. The van der Waals surface area contributed by atoms with Crippen molar-refractivity contribution in [2.24, 2.45) is 0 Å². The van der Waals surface area contributed by atoms with Gasteiger partial charge in [-0.05, 0) is 78.1 Å². The van der Waals surface area contributed by atoms with Gasteiger partial charge in [-0.15, -0.1) is 0 Å². The fraction of sp³-hybridized carbons (Fsp3) is 0.278. The van der Waals surface area contributed by atoms with Crippen LogP contribution in [0.15, 0.2) is 97.6 Å². The number of hydrogen-bond donors (Lipinski definition) is 1. The minimum absolute atomic E-state index is 0.126. The third-order valence-electron chi connectivity index (χ3n) is 6.49. The van der Waals surface area contributed by atoms with E-state index in [4.69, 9.17) is 28.4 Å². The van der Waals surface area contributed by atoms with Gasteiger partial charge in [-0.1, -0.05) is 37.4 Å². The third kappa shape index (κ3) is 13.1. The van der Waals surface area contributed by atoms with Crippen LogP contribution in [0.2, 0.25) is 0 Å². The Morgan fingerprint density at radius 3 is 1.92 bits per heavy atom. The molecule has 0 heterocycles. The zero-order valence-electron chi connectivity index (χ0n) is 26.6. The standard InChI is InChI=1S/C36H38O12/c1-4-32(37)44-20-5-6-21-46-36(41)48-31-14-12-27(13-15-31)26-8-10-28(11-9-26)35(40)47-30-18-16-29(17-19-30)43-22-7-23-45-34(39)25(2)24-33(38)42-3/h4,8-19,34,39H,1-2,5-7,20-24H2,3H3. The van der Waals surface area contributed by atoms with E-state index in [-0.39, 0.29) is 31.8 Å². The maximum Gasteiger partial charge on any atom is 0.513 e. The van der Waals surface area contributed by atoms with Gasteiger partial charge in [0, 0.05) is 12.5 Å². The lowest BCUT2D eigenvalue weighted by Crippen LogP contribution is -2.18. The van der Waals surface area contributed by atoms with E-state index in [0.717, 1.165) is 17.2 Å². The molecule has 0 aliphatic rings. The van der Waals surface area contributed by atoms with Gasteiger partial charge in [0.05, 0.1) is 45.5 Å². The Kier molecular flexibility index (Phi) is 15.4. The molecule has 3 rings (SSSR count). The van der Waals surface area contributed by atoms with E-state index in [9.17, 15) is 24.3 Å². The first kappa shape index (κ1) is 37.0. The molecule has 0 aromatic heterocycles. The summed E-state index contributed by atoms with van der Waals surface area (Å²) in [6.45, 7) is 7.76. The molecule has 12 nitrogen and oxygen atoms in total. The summed E-state index contributed by atoms with van der Waals surface area (Å²) in [6.07, 6.45) is 0.364. The van der Waals surface area contributed by atoms with Gasteiger partial charge in [0.15, 0.2) is 6.29 Å². The molecule has 0 saturated carbocycles. The molecule has 0 aliphatic heterocycles. The average molecular weight is 663 g/mol. The van der Waals surface area contributed by atoms with Gasteiger partial charge in [0.2, 0.25) is 0 Å². The van der Waals surface area contributed by atoms with Crippen molar-refractivity contribution in [2.45, 2.75) is 32.0 Å². The van der Waals surface area contributed by atoms with Crippen molar-refractivity contribution in [1.29, 1.82) is 0 Å². The number of aliphatic hydroxyl groups excluding tert-OH is 1. The number of hydrogen-bond acceptors (Lipinski definition) is 12. The number of aliphatic hydroxyl groups is 1. The molecule has 1 N–H and O–H groups in total. The third-order valence-corrected chi connectivity index (χ3v) is 6.49. The Bertz CT molecular complexity index is 1510. The molecule has 0 bridgehead atoms. The van der Waals surface area contributed by atoms with Gasteiger partial charge in [-0.3, -0.25) is 4.79 Å². The summed E-state index contributed by atoms with van der Waals surface area (Å²) in [5.41, 5.74) is 2.24. The van der Waals surface area contributed by atoms with E-state index in [0.29, 0.717) is 48.7 Å². The van der Waals surface area contributed by atoms with E-state index < -0.39 is 30.4 Å². The molecular weight excluding hydrogens is 624 g/mol. The van der Waals surface area contributed by atoms with Crippen molar-refractivity contribution in [3.63, 3.8) is 0 Å². The summed E-state index contributed by atoms with van der Waals surface area (Å²) in [4.78, 5) is 46.8. The number of rotatable bonds is 19. The SMILES string of the molecule is C=CC(=O)OCCCCOC(=O)Oc1ccc(-c2ccc(C(=O)Oc3ccc(OCCCOC(O)C(=C)CC(=O)OC)cc3)cc2)cc1. The van der Waals surface area contributed by atoms with Crippen LogP contribution in [0.4, 0.5) is 4.79 Å². The number of unbranched alkanes of at least 4 members (excludes halogenated alkanes) is 1. The van der Waals surface area contributed by atoms with Crippen LogP contribution in [0, 0.1) is 0 Å². The summed E-state index contributed by atoms with van der Waals surface area (Å²) in [5, 5.41) is 9.87. The van der Waals surface area contributed by atoms with Gasteiger partial charge in [-0.2, -0.15) is 0 Å². The number of benzene rings is 3. The van der Waals surface area contributed by atoms with Crippen LogP contribution in [0.3, 0.4) is 0 Å². The van der Waals surface area contributed by atoms with Crippen molar-refractivity contribution >= 4 is 24.1 Å². The van der Waals surface area contributed by atoms with Crippen molar-refractivity contribution in [1.82, 2.24) is 0 Å².